The van der Waals surface area contributed by atoms with Crippen molar-refractivity contribution in [3.63, 3.8) is 0 Å². The lowest BCUT2D eigenvalue weighted by Gasteiger charge is -2.27. The summed E-state index contributed by atoms with van der Waals surface area (Å²) < 4.78 is 10.4. The van der Waals surface area contributed by atoms with E-state index >= 15 is 0 Å². The molecule has 124 valence electrons. The summed E-state index contributed by atoms with van der Waals surface area (Å²) in [6.07, 6.45) is 3.24. The average Bonchev–Trinajstić information content (AvgIpc) is 2.55. The first-order valence-electron chi connectivity index (χ1n) is 7.55. The number of guanidine groups is 1. The van der Waals surface area contributed by atoms with Crippen molar-refractivity contribution in [3.05, 3.63) is 29.8 Å². The summed E-state index contributed by atoms with van der Waals surface area (Å²) in [7, 11) is 1.69. The van der Waals surface area contributed by atoms with Gasteiger partial charge in [-0.05, 0) is 37.0 Å². The molecular weight excluding hydrogens is 393 g/mol. The average molecular weight is 419 g/mol. The quantitative estimate of drug-likeness (QED) is 0.333. The highest BCUT2D eigenvalue weighted by Crippen LogP contribution is 2.13. The summed E-state index contributed by atoms with van der Waals surface area (Å²) in [4.78, 5) is 6.54. The van der Waals surface area contributed by atoms with Crippen molar-refractivity contribution in [1.82, 2.24) is 4.90 Å². The molecule has 1 aliphatic heterocycles. The van der Waals surface area contributed by atoms with Gasteiger partial charge in [0.25, 0.3) is 0 Å². The summed E-state index contributed by atoms with van der Waals surface area (Å²) in [6, 6.07) is 8.24. The normalized spacial score (nSPS) is 15.3. The van der Waals surface area contributed by atoms with Crippen molar-refractivity contribution < 1.29 is 9.47 Å². The number of methoxy groups -OCH3 is 1. The molecule has 1 fully saturated rings. The van der Waals surface area contributed by atoms with Crippen LogP contribution in [0.2, 0.25) is 0 Å². The standard InChI is InChI=1S/C16H25N3O2.HI/c1-20-15-7-5-14(6-8-15)4-2-3-9-18-16(17)19-10-12-21-13-11-19;/h5-8H,2-4,9-13H2,1H3,(H2,17,18);1H. The molecule has 2 N–H and O–H groups in total. The molecule has 1 heterocycles. The van der Waals surface area contributed by atoms with Crippen LogP contribution in [-0.4, -0.2) is 50.8 Å². The zero-order chi connectivity index (χ0) is 14.9. The van der Waals surface area contributed by atoms with Crippen LogP contribution >= 0.6 is 24.0 Å². The topological polar surface area (TPSA) is 60.1 Å². The highest BCUT2D eigenvalue weighted by Gasteiger charge is 2.11. The molecule has 0 bridgehead atoms. The maximum atomic E-state index is 5.98. The number of halogens is 1. The monoisotopic (exact) mass is 419 g/mol. The second kappa shape index (κ2) is 10.7. The van der Waals surface area contributed by atoms with Crippen molar-refractivity contribution in [2.75, 3.05) is 40.0 Å². The van der Waals surface area contributed by atoms with Gasteiger partial charge in [0.05, 0.1) is 20.3 Å². The van der Waals surface area contributed by atoms with Crippen LogP contribution in [0.3, 0.4) is 0 Å². The lowest BCUT2D eigenvalue weighted by Crippen LogP contribution is -2.44. The Morgan fingerprint density at radius 1 is 1.23 bits per heavy atom. The minimum absolute atomic E-state index is 0. The fourth-order valence-corrected chi connectivity index (χ4v) is 2.32. The second-order valence-electron chi connectivity index (χ2n) is 5.14. The van der Waals surface area contributed by atoms with Crippen LogP contribution in [0.4, 0.5) is 0 Å². The zero-order valence-electron chi connectivity index (χ0n) is 13.2. The number of aliphatic imine (C=N–C) groups is 1. The molecule has 1 aromatic rings. The third kappa shape index (κ3) is 6.39. The highest BCUT2D eigenvalue weighted by atomic mass is 127. The van der Waals surface area contributed by atoms with Crippen molar-refractivity contribution in [2.45, 2.75) is 19.3 Å². The van der Waals surface area contributed by atoms with E-state index in [0.29, 0.717) is 5.96 Å². The number of rotatable bonds is 6. The van der Waals surface area contributed by atoms with Crippen molar-refractivity contribution >= 4 is 29.9 Å². The van der Waals surface area contributed by atoms with E-state index < -0.39 is 0 Å². The molecule has 1 aromatic carbocycles. The van der Waals surface area contributed by atoms with Crippen LogP contribution in [-0.2, 0) is 11.2 Å². The molecule has 0 atom stereocenters. The lowest BCUT2D eigenvalue weighted by molar-refractivity contribution is 0.0674. The molecule has 2 rings (SSSR count). The van der Waals surface area contributed by atoms with Gasteiger partial charge in [-0.1, -0.05) is 12.1 Å². The van der Waals surface area contributed by atoms with E-state index in [1.807, 2.05) is 12.1 Å². The van der Waals surface area contributed by atoms with Crippen LogP contribution in [0.5, 0.6) is 5.75 Å². The molecule has 0 saturated carbocycles. The molecule has 0 unspecified atom stereocenters. The maximum Gasteiger partial charge on any atom is 0.191 e. The Hall–Kier alpha value is -1.02. The van der Waals surface area contributed by atoms with Gasteiger partial charge in [-0.15, -0.1) is 24.0 Å². The Morgan fingerprint density at radius 2 is 1.91 bits per heavy atom. The summed E-state index contributed by atoms with van der Waals surface area (Å²) in [5.41, 5.74) is 7.31. The van der Waals surface area contributed by atoms with Crippen LogP contribution < -0.4 is 10.5 Å². The van der Waals surface area contributed by atoms with Gasteiger partial charge in [-0.2, -0.15) is 0 Å². The Balaban J connectivity index is 0.00000242. The number of aryl methyl sites for hydroxylation is 1. The Morgan fingerprint density at radius 3 is 2.55 bits per heavy atom. The largest absolute Gasteiger partial charge is 0.497 e. The number of nitrogens with zero attached hydrogens (tertiary/aromatic N) is 2. The van der Waals surface area contributed by atoms with E-state index in [1.165, 1.54) is 5.56 Å². The molecule has 5 nitrogen and oxygen atoms in total. The van der Waals surface area contributed by atoms with Gasteiger partial charge < -0.3 is 20.1 Å². The highest BCUT2D eigenvalue weighted by molar-refractivity contribution is 14.0. The first-order valence-corrected chi connectivity index (χ1v) is 7.55. The Kier molecular flexibility index (Phi) is 9.22. The summed E-state index contributed by atoms with van der Waals surface area (Å²) in [6.45, 7) is 3.98. The molecule has 0 spiro atoms. The second-order valence-corrected chi connectivity index (χ2v) is 5.14. The van der Waals surface area contributed by atoms with Crippen molar-refractivity contribution in [1.29, 1.82) is 0 Å². The van der Waals surface area contributed by atoms with Gasteiger partial charge in [-0.25, -0.2) is 0 Å². The number of benzene rings is 1. The van der Waals surface area contributed by atoms with Crippen molar-refractivity contribution in [3.8, 4) is 5.75 Å². The fraction of sp³-hybridized carbons (Fsp3) is 0.562. The van der Waals surface area contributed by atoms with Gasteiger partial charge in [0.15, 0.2) is 5.96 Å². The van der Waals surface area contributed by atoms with E-state index in [-0.39, 0.29) is 24.0 Å². The molecule has 0 aromatic heterocycles. The van der Waals surface area contributed by atoms with Gasteiger partial charge in [0.2, 0.25) is 0 Å². The third-order valence-electron chi connectivity index (χ3n) is 3.64. The van der Waals surface area contributed by atoms with Gasteiger partial charge >= 0.3 is 0 Å². The number of ether oxygens (including phenoxy) is 2. The maximum absolute atomic E-state index is 5.98. The summed E-state index contributed by atoms with van der Waals surface area (Å²) in [5, 5.41) is 0. The summed E-state index contributed by atoms with van der Waals surface area (Å²) in [5.74, 6) is 1.56. The minimum atomic E-state index is 0. The predicted octanol–water partition coefficient (Wildman–Crippen LogP) is 2.28. The zero-order valence-corrected chi connectivity index (χ0v) is 15.5. The molecule has 22 heavy (non-hydrogen) atoms. The number of morpholine rings is 1. The van der Waals surface area contributed by atoms with E-state index in [4.69, 9.17) is 15.2 Å². The summed E-state index contributed by atoms with van der Waals surface area (Å²) >= 11 is 0. The van der Waals surface area contributed by atoms with Gasteiger partial charge in [0.1, 0.15) is 5.75 Å². The number of hydrogen-bond donors (Lipinski definition) is 1. The third-order valence-corrected chi connectivity index (χ3v) is 3.64. The molecular formula is C16H26IN3O2. The van der Waals surface area contributed by atoms with Crippen molar-refractivity contribution in [2.24, 2.45) is 10.7 Å². The molecule has 6 heteroatoms. The predicted molar refractivity (Wildman–Crippen MR) is 100 cm³/mol. The van der Waals surface area contributed by atoms with E-state index in [0.717, 1.165) is 57.9 Å². The Bertz CT molecular complexity index is 445. The number of hydrogen-bond acceptors (Lipinski definition) is 3. The van der Waals surface area contributed by atoms with E-state index in [9.17, 15) is 0 Å². The van der Waals surface area contributed by atoms with Crippen LogP contribution in [0, 0.1) is 0 Å². The molecule has 0 radical (unpaired) electrons. The SMILES string of the molecule is COc1ccc(CCCCN=C(N)N2CCOCC2)cc1.I. The van der Waals surface area contributed by atoms with Crippen LogP contribution in [0.25, 0.3) is 0 Å². The molecule has 0 amide bonds. The molecule has 0 aliphatic carbocycles. The Labute approximate surface area is 149 Å². The number of unbranched alkanes of at least 4 members (excludes halogenated alkanes) is 1. The first kappa shape index (κ1) is 19.0. The lowest BCUT2D eigenvalue weighted by atomic mass is 10.1. The van der Waals surface area contributed by atoms with E-state index in [1.54, 1.807) is 7.11 Å². The number of nitrogens with two attached hydrogens (primary N) is 1. The fourth-order valence-electron chi connectivity index (χ4n) is 2.32. The van der Waals surface area contributed by atoms with E-state index in [2.05, 4.69) is 22.0 Å². The van der Waals surface area contributed by atoms with Crippen LogP contribution in [0.15, 0.2) is 29.3 Å². The first-order chi connectivity index (χ1) is 10.3. The molecule has 1 saturated heterocycles. The molecule has 1 aliphatic rings. The van der Waals surface area contributed by atoms with Crippen LogP contribution in [0.1, 0.15) is 18.4 Å². The minimum Gasteiger partial charge on any atom is -0.497 e. The van der Waals surface area contributed by atoms with Gasteiger partial charge in [-0.3, -0.25) is 4.99 Å². The smallest absolute Gasteiger partial charge is 0.191 e. The van der Waals surface area contributed by atoms with Gasteiger partial charge in [0, 0.05) is 19.6 Å².